The summed E-state index contributed by atoms with van der Waals surface area (Å²) in [5.74, 6) is 0.892. The molecule has 2 rings (SSSR count). The van der Waals surface area contributed by atoms with Gasteiger partial charge < -0.3 is 0 Å². The van der Waals surface area contributed by atoms with E-state index in [2.05, 4.69) is 95.3 Å². The summed E-state index contributed by atoms with van der Waals surface area (Å²) in [4.78, 5) is 0. The first-order valence-electron chi connectivity index (χ1n) is 10.1. The van der Waals surface area contributed by atoms with Gasteiger partial charge in [0.25, 0.3) is 0 Å². The van der Waals surface area contributed by atoms with E-state index in [9.17, 15) is 0 Å². The van der Waals surface area contributed by atoms with E-state index in [4.69, 9.17) is 7.85 Å². The lowest BCUT2D eigenvalue weighted by molar-refractivity contribution is 0.201. The molecule has 138 valence electrons. The molecule has 0 N–H and O–H groups in total. The van der Waals surface area contributed by atoms with Gasteiger partial charge >= 0.3 is 0 Å². The Morgan fingerprint density at radius 3 is 1.77 bits per heavy atom. The van der Waals surface area contributed by atoms with Gasteiger partial charge in [0.1, 0.15) is 0 Å². The Bertz CT molecular complexity index is 637. The summed E-state index contributed by atoms with van der Waals surface area (Å²) < 4.78 is 0. The molecule has 1 heteroatoms. The maximum absolute atomic E-state index is 6.71. The van der Waals surface area contributed by atoms with Gasteiger partial charge in [-0.15, -0.1) is 0 Å². The zero-order chi connectivity index (χ0) is 19.2. The molecular weight excluding hydrogens is 311 g/mol. The highest BCUT2D eigenvalue weighted by molar-refractivity contribution is 6.15. The maximum Gasteiger partial charge on any atom is 0.0747 e. The molecule has 2 aromatic carbocycles. The van der Waals surface area contributed by atoms with E-state index < -0.39 is 0 Å². The van der Waals surface area contributed by atoms with Crippen LogP contribution in [0.3, 0.4) is 0 Å². The van der Waals surface area contributed by atoms with Gasteiger partial charge in [0, 0.05) is 0 Å². The topological polar surface area (TPSA) is 0 Å². The van der Waals surface area contributed by atoms with E-state index in [1.807, 2.05) is 0 Å². The molecule has 0 bridgehead atoms. The van der Waals surface area contributed by atoms with Crippen molar-refractivity contribution in [2.75, 3.05) is 0 Å². The Kier molecular flexibility index (Phi) is 7.15. The summed E-state index contributed by atoms with van der Waals surface area (Å²) in [6.07, 6.45) is 4.92. The van der Waals surface area contributed by atoms with Crippen LogP contribution in [0.2, 0.25) is 5.31 Å². The lowest BCUT2D eigenvalue weighted by Crippen LogP contribution is -2.32. The Balaban J connectivity index is 2.34. The fourth-order valence-corrected chi connectivity index (χ4v) is 4.85. The van der Waals surface area contributed by atoms with Crippen LogP contribution in [0.1, 0.15) is 83.3 Å². The Morgan fingerprint density at radius 2 is 1.31 bits per heavy atom. The average Bonchev–Trinajstić information content (AvgIpc) is 2.58. The third kappa shape index (κ3) is 5.50. The van der Waals surface area contributed by atoms with Crippen LogP contribution in [0, 0.1) is 5.41 Å². The predicted molar refractivity (Wildman–Crippen MR) is 116 cm³/mol. The van der Waals surface area contributed by atoms with Crippen molar-refractivity contribution < 1.29 is 0 Å². The Morgan fingerprint density at radius 1 is 0.808 bits per heavy atom. The minimum atomic E-state index is -0.267. The van der Waals surface area contributed by atoms with Gasteiger partial charge in [0.2, 0.25) is 0 Å². The van der Waals surface area contributed by atoms with E-state index in [1.54, 1.807) is 0 Å². The minimum Gasteiger partial charge on any atom is -0.0673 e. The largest absolute Gasteiger partial charge is 0.0747 e. The van der Waals surface area contributed by atoms with Crippen molar-refractivity contribution in [2.24, 2.45) is 5.41 Å². The summed E-state index contributed by atoms with van der Waals surface area (Å²) in [6.45, 7) is 11.4. The van der Waals surface area contributed by atoms with Gasteiger partial charge in [-0.3, -0.25) is 0 Å². The molecule has 0 nitrogen and oxygen atoms in total. The van der Waals surface area contributed by atoms with Crippen LogP contribution in [0.4, 0.5) is 0 Å². The van der Waals surface area contributed by atoms with E-state index >= 15 is 0 Å². The van der Waals surface area contributed by atoms with Gasteiger partial charge in [0.05, 0.1) is 7.85 Å². The van der Waals surface area contributed by atoms with Crippen LogP contribution in [-0.4, -0.2) is 7.85 Å². The molecule has 0 fully saturated rings. The quantitative estimate of drug-likeness (QED) is 0.412. The van der Waals surface area contributed by atoms with Crippen molar-refractivity contribution in [1.29, 1.82) is 0 Å². The molecule has 0 spiro atoms. The molecule has 2 aromatic rings. The molecule has 0 heterocycles. The van der Waals surface area contributed by atoms with Gasteiger partial charge in [-0.25, -0.2) is 0 Å². The second-order valence-corrected chi connectivity index (χ2v) is 9.11. The summed E-state index contributed by atoms with van der Waals surface area (Å²) in [5.41, 5.74) is 2.93. The minimum absolute atomic E-state index is 0.105. The highest BCUT2D eigenvalue weighted by Gasteiger charge is 2.39. The number of benzene rings is 2. The lowest BCUT2D eigenvalue weighted by atomic mass is 9.52. The Hall–Kier alpha value is -1.50. The van der Waals surface area contributed by atoms with Crippen molar-refractivity contribution in [3.05, 3.63) is 71.8 Å². The van der Waals surface area contributed by atoms with Crippen LogP contribution in [0.15, 0.2) is 60.7 Å². The van der Waals surface area contributed by atoms with Crippen molar-refractivity contribution in [3.8, 4) is 0 Å². The van der Waals surface area contributed by atoms with Crippen LogP contribution >= 0.6 is 0 Å². The number of unbranched alkanes of at least 4 members (excludes halogenated alkanes) is 1. The third-order valence-electron chi connectivity index (χ3n) is 5.61. The molecule has 0 aliphatic carbocycles. The molecule has 0 aromatic heterocycles. The first-order valence-corrected chi connectivity index (χ1v) is 10.1. The molecule has 0 saturated carbocycles. The molecule has 0 saturated heterocycles. The SMILES string of the molecule is [B]C(C)(C)C(c1ccccc1)C(C)(C)CC(CCCC)c1ccccc1. The second kappa shape index (κ2) is 8.93. The molecule has 2 unspecified atom stereocenters. The summed E-state index contributed by atoms with van der Waals surface area (Å²) in [7, 11) is 6.71. The second-order valence-electron chi connectivity index (χ2n) is 9.11. The molecule has 0 aliphatic rings. The molecular formula is C25H35B. The zero-order valence-electron chi connectivity index (χ0n) is 17.3. The monoisotopic (exact) mass is 346 g/mol. The lowest BCUT2D eigenvalue weighted by Gasteiger charge is -2.45. The maximum atomic E-state index is 6.71. The molecule has 0 aliphatic heterocycles. The summed E-state index contributed by atoms with van der Waals surface area (Å²) in [5, 5.41) is -0.267. The smallest absolute Gasteiger partial charge is 0.0673 e. The van der Waals surface area contributed by atoms with E-state index in [0.717, 1.165) is 6.42 Å². The van der Waals surface area contributed by atoms with Gasteiger partial charge in [0.15, 0.2) is 0 Å². The highest BCUT2D eigenvalue weighted by Crippen LogP contribution is 2.54. The first kappa shape index (κ1) is 20.8. The first-order chi connectivity index (χ1) is 12.3. The van der Waals surface area contributed by atoms with Gasteiger partial charge in [-0.2, -0.15) is 0 Å². The summed E-state index contributed by atoms with van der Waals surface area (Å²) >= 11 is 0. The highest BCUT2D eigenvalue weighted by atomic mass is 14.4. The van der Waals surface area contributed by atoms with Crippen LogP contribution in [-0.2, 0) is 0 Å². The fourth-order valence-electron chi connectivity index (χ4n) is 4.85. The fraction of sp³-hybridized carbons (Fsp3) is 0.520. The molecule has 26 heavy (non-hydrogen) atoms. The van der Waals surface area contributed by atoms with Crippen LogP contribution < -0.4 is 0 Å². The Labute approximate surface area is 162 Å². The third-order valence-corrected chi connectivity index (χ3v) is 5.61. The van der Waals surface area contributed by atoms with E-state index in [1.165, 1.54) is 30.4 Å². The van der Waals surface area contributed by atoms with Crippen molar-refractivity contribution in [2.45, 2.75) is 77.5 Å². The standard InChI is InChI=1S/C25H35B/c1-6-7-14-22(20-15-10-8-11-16-20)19-24(2,3)23(25(4,5)26)21-17-12-9-13-18-21/h8-13,15-18,22-23H,6-7,14,19H2,1-5H3. The van der Waals surface area contributed by atoms with E-state index in [0.29, 0.717) is 11.8 Å². The van der Waals surface area contributed by atoms with Crippen LogP contribution in [0.25, 0.3) is 0 Å². The van der Waals surface area contributed by atoms with Crippen molar-refractivity contribution in [3.63, 3.8) is 0 Å². The van der Waals surface area contributed by atoms with Crippen molar-refractivity contribution >= 4 is 7.85 Å². The van der Waals surface area contributed by atoms with E-state index in [-0.39, 0.29) is 10.7 Å². The zero-order valence-corrected chi connectivity index (χ0v) is 17.3. The van der Waals surface area contributed by atoms with Gasteiger partial charge in [-0.1, -0.05) is 113 Å². The van der Waals surface area contributed by atoms with Crippen LogP contribution in [0.5, 0.6) is 0 Å². The number of hydrogen-bond acceptors (Lipinski definition) is 0. The average molecular weight is 346 g/mol. The molecule has 0 amide bonds. The summed E-state index contributed by atoms with van der Waals surface area (Å²) in [6, 6.07) is 21.9. The van der Waals surface area contributed by atoms with Crippen molar-refractivity contribution in [1.82, 2.24) is 0 Å². The number of hydrogen-bond donors (Lipinski definition) is 0. The predicted octanol–water partition coefficient (Wildman–Crippen LogP) is 7.53. The van der Waals surface area contributed by atoms with Gasteiger partial charge in [-0.05, 0) is 41.2 Å². The normalized spacial score (nSPS) is 14.8. The molecule has 2 radical (unpaired) electrons. The molecule has 2 atom stereocenters. The number of rotatable bonds is 9.